The fourth-order valence-electron chi connectivity index (χ4n) is 1.44. The Hall–Kier alpha value is -1.77. The fourth-order valence-corrected chi connectivity index (χ4v) is 1.71. The van der Waals surface area contributed by atoms with Crippen LogP contribution in [0, 0.1) is 35.0 Å². The van der Waals surface area contributed by atoms with E-state index in [1.165, 1.54) is 6.92 Å². The van der Waals surface area contributed by atoms with Crippen LogP contribution in [0.1, 0.15) is 13.3 Å². The van der Waals surface area contributed by atoms with Crippen molar-refractivity contribution in [2.45, 2.75) is 13.3 Å². The van der Waals surface area contributed by atoms with E-state index in [9.17, 15) is 26.7 Å². The molecule has 1 unspecified atom stereocenters. The summed E-state index contributed by atoms with van der Waals surface area (Å²) in [6.45, 7) is 1.52. The summed E-state index contributed by atoms with van der Waals surface area (Å²) in [4.78, 5) is 11.4. The van der Waals surface area contributed by atoms with Crippen molar-refractivity contribution in [3.8, 4) is 0 Å². The topological polar surface area (TPSA) is 55.1 Å². The minimum atomic E-state index is -2.31. The van der Waals surface area contributed by atoms with E-state index in [-0.39, 0.29) is 11.4 Å². The monoisotopic (exact) mass is 312 g/mol. The van der Waals surface area contributed by atoms with Gasteiger partial charge in [0, 0.05) is 0 Å². The number of amides is 1. The molecule has 1 amide bonds. The van der Waals surface area contributed by atoms with E-state index in [1.54, 1.807) is 5.32 Å². The lowest BCUT2D eigenvalue weighted by molar-refractivity contribution is -0.118. The molecule has 0 saturated heterocycles. The van der Waals surface area contributed by atoms with Gasteiger partial charge in [0.05, 0.1) is 10.9 Å². The maximum atomic E-state index is 13.3. The number of nitrogens with two attached hydrogens (primary N) is 1. The van der Waals surface area contributed by atoms with Gasteiger partial charge in [-0.25, -0.2) is 22.0 Å². The summed E-state index contributed by atoms with van der Waals surface area (Å²) in [6.07, 6.45) is 0.108. The largest absolute Gasteiger partial charge is 0.393 e. The number of carbonyl (C=O) groups excluding carboxylic acids is 1. The molecule has 0 heterocycles. The third-order valence-electron chi connectivity index (χ3n) is 2.53. The lowest BCUT2D eigenvalue weighted by atomic mass is 10.1. The van der Waals surface area contributed by atoms with Crippen LogP contribution in [0.3, 0.4) is 0 Å². The minimum Gasteiger partial charge on any atom is -0.393 e. The van der Waals surface area contributed by atoms with Crippen molar-refractivity contribution >= 4 is 28.8 Å². The third-order valence-corrected chi connectivity index (χ3v) is 2.81. The van der Waals surface area contributed by atoms with E-state index in [4.69, 9.17) is 5.73 Å². The summed E-state index contributed by atoms with van der Waals surface area (Å²) >= 11 is 4.57. The molecule has 0 bridgehead atoms. The van der Waals surface area contributed by atoms with Gasteiger partial charge in [0.2, 0.25) is 11.7 Å². The van der Waals surface area contributed by atoms with E-state index in [1.807, 2.05) is 0 Å². The molecule has 110 valence electrons. The van der Waals surface area contributed by atoms with Crippen molar-refractivity contribution < 1.29 is 26.7 Å². The predicted octanol–water partition coefficient (Wildman–Crippen LogP) is 2.63. The number of hydrogen-bond acceptors (Lipinski definition) is 2. The van der Waals surface area contributed by atoms with Crippen molar-refractivity contribution in [3.05, 3.63) is 29.1 Å². The highest BCUT2D eigenvalue weighted by Gasteiger charge is 2.28. The molecule has 3 N–H and O–H groups in total. The first-order chi connectivity index (χ1) is 9.22. The third kappa shape index (κ3) is 2.87. The van der Waals surface area contributed by atoms with E-state index < -0.39 is 46.6 Å². The minimum absolute atomic E-state index is 0.108. The smallest absolute Gasteiger partial charge is 0.234 e. The van der Waals surface area contributed by atoms with Crippen molar-refractivity contribution in [1.29, 1.82) is 0 Å². The molecule has 0 fully saturated rings. The number of anilines is 1. The second-order valence-corrected chi connectivity index (χ2v) is 4.27. The predicted molar refractivity (Wildman–Crippen MR) is 65.4 cm³/mol. The van der Waals surface area contributed by atoms with Crippen LogP contribution in [0.2, 0.25) is 0 Å². The molecule has 0 aliphatic carbocycles. The standard InChI is InChI=1S/C11H9F5N2OS/c1-2-3(10(17)20)11(19)18-9-7(15)5(13)4(12)6(14)8(9)16/h3H,2H2,1H3,(H2,17,20)(H,18,19). The zero-order valence-corrected chi connectivity index (χ0v) is 10.9. The number of carbonyl (C=O) groups is 1. The van der Waals surface area contributed by atoms with E-state index >= 15 is 0 Å². The van der Waals surface area contributed by atoms with Gasteiger partial charge >= 0.3 is 0 Å². The molecule has 0 aliphatic heterocycles. The molecule has 1 aromatic rings. The molecular formula is C11H9F5N2OS. The summed E-state index contributed by atoms with van der Waals surface area (Å²) in [6, 6.07) is 0. The van der Waals surface area contributed by atoms with Crippen molar-refractivity contribution in [1.82, 2.24) is 0 Å². The molecule has 1 aromatic carbocycles. The maximum absolute atomic E-state index is 13.3. The van der Waals surface area contributed by atoms with Gasteiger partial charge in [0.1, 0.15) is 5.69 Å². The van der Waals surface area contributed by atoms with Crippen LogP contribution in [-0.4, -0.2) is 10.9 Å². The van der Waals surface area contributed by atoms with Gasteiger partial charge < -0.3 is 11.1 Å². The molecule has 0 aromatic heterocycles. The second kappa shape index (κ2) is 6.12. The summed E-state index contributed by atoms with van der Waals surface area (Å²) in [5.74, 6) is -13.0. The van der Waals surface area contributed by atoms with E-state index in [0.717, 1.165) is 0 Å². The van der Waals surface area contributed by atoms with Gasteiger partial charge in [-0.3, -0.25) is 4.79 Å². The lowest BCUT2D eigenvalue weighted by Gasteiger charge is -2.15. The number of halogens is 5. The normalized spacial score (nSPS) is 12.1. The summed E-state index contributed by atoms with van der Waals surface area (Å²) in [7, 11) is 0. The van der Waals surface area contributed by atoms with Gasteiger partial charge in [0.15, 0.2) is 23.3 Å². The van der Waals surface area contributed by atoms with E-state index in [2.05, 4.69) is 12.2 Å². The number of benzene rings is 1. The molecule has 1 atom stereocenters. The molecule has 0 saturated carbocycles. The highest BCUT2D eigenvalue weighted by molar-refractivity contribution is 7.80. The number of thiocarbonyl (C=S) groups is 1. The zero-order valence-electron chi connectivity index (χ0n) is 10.1. The SMILES string of the molecule is CCC(C(=O)Nc1c(F)c(F)c(F)c(F)c1F)C(N)=S. The Morgan fingerprint density at radius 2 is 1.50 bits per heavy atom. The van der Waals surface area contributed by atoms with Gasteiger partial charge in [-0.2, -0.15) is 0 Å². The van der Waals surface area contributed by atoms with Crippen molar-refractivity contribution in [3.63, 3.8) is 0 Å². The zero-order chi connectivity index (χ0) is 15.6. The number of rotatable bonds is 4. The Morgan fingerprint density at radius 3 is 1.85 bits per heavy atom. The second-order valence-electron chi connectivity index (χ2n) is 3.80. The first-order valence-electron chi connectivity index (χ1n) is 5.33. The molecular weight excluding hydrogens is 303 g/mol. The number of nitrogens with one attached hydrogen (secondary N) is 1. The average molecular weight is 312 g/mol. The molecule has 9 heteroatoms. The average Bonchev–Trinajstić information content (AvgIpc) is 2.39. The Morgan fingerprint density at radius 1 is 1.10 bits per heavy atom. The van der Waals surface area contributed by atoms with E-state index in [0.29, 0.717) is 0 Å². The summed E-state index contributed by atoms with van der Waals surface area (Å²) in [5.41, 5.74) is 3.81. The van der Waals surface area contributed by atoms with Gasteiger partial charge in [-0.05, 0) is 6.42 Å². The molecule has 20 heavy (non-hydrogen) atoms. The Balaban J connectivity index is 3.23. The van der Waals surface area contributed by atoms with Crippen LogP contribution in [0.4, 0.5) is 27.6 Å². The Labute approximate surface area is 115 Å². The molecule has 0 spiro atoms. The highest BCUT2D eigenvalue weighted by atomic mass is 32.1. The summed E-state index contributed by atoms with van der Waals surface area (Å²) in [5, 5.41) is 1.62. The van der Waals surface area contributed by atoms with Crippen LogP contribution in [0.15, 0.2) is 0 Å². The van der Waals surface area contributed by atoms with Crippen LogP contribution in [0.25, 0.3) is 0 Å². The van der Waals surface area contributed by atoms with Crippen molar-refractivity contribution in [2.24, 2.45) is 11.7 Å². The van der Waals surface area contributed by atoms with Crippen molar-refractivity contribution in [2.75, 3.05) is 5.32 Å². The Bertz CT molecular complexity index is 549. The first-order valence-corrected chi connectivity index (χ1v) is 5.74. The quantitative estimate of drug-likeness (QED) is 0.389. The summed E-state index contributed by atoms with van der Waals surface area (Å²) < 4.78 is 65.3. The molecule has 1 rings (SSSR count). The first kappa shape index (κ1) is 16.3. The van der Waals surface area contributed by atoms with Gasteiger partial charge in [0.25, 0.3) is 0 Å². The molecule has 0 radical (unpaired) electrons. The van der Waals surface area contributed by atoms with Crippen LogP contribution < -0.4 is 11.1 Å². The van der Waals surface area contributed by atoms with Crippen LogP contribution in [0.5, 0.6) is 0 Å². The number of hydrogen-bond donors (Lipinski definition) is 2. The lowest BCUT2D eigenvalue weighted by Crippen LogP contribution is -2.33. The van der Waals surface area contributed by atoms with Gasteiger partial charge in [-0.1, -0.05) is 19.1 Å². The highest BCUT2D eigenvalue weighted by Crippen LogP contribution is 2.27. The van der Waals surface area contributed by atoms with Crippen LogP contribution >= 0.6 is 12.2 Å². The van der Waals surface area contributed by atoms with Gasteiger partial charge in [-0.15, -0.1) is 0 Å². The maximum Gasteiger partial charge on any atom is 0.234 e. The van der Waals surface area contributed by atoms with Crippen LogP contribution in [-0.2, 0) is 4.79 Å². The molecule has 3 nitrogen and oxygen atoms in total. The Kier molecular flexibility index (Phi) is 4.98. The fraction of sp³-hybridized carbons (Fsp3) is 0.273. The molecule has 0 aliphatic rings.